The number of hydrogen-bond donors (Lipinski definition) is 1. The molecule has 0 aliphatic rings. The van der Waals surface area contributed by atoms with Crippen LogP contribution in [-0.2, 0) is 17.6 Å². The number of halogens is 4. The van der Waals surface area contributed by atoms with E-state index in [2.05, 4.69) is 20.1 Å². The number of esters is 1. The molecule has 0 aliphatic carbocycles. The van der Waals surface area contributed by atoms with Crippen molar-refractivity contribution in [3.63, 3.8) is 0 Å². The second-order valence-corrected chi connectivity index (χ2v) is 8.69. The maximum absolute atomic E-state index is 12.4. The molecule has 38 heavy (non-hydrogen) atoms. The van der Waals surface area contributed by atoms with Gasteiger partial charge in [0.25, 0.3) is 5.88 Å². The summed E-state index contributed by atoms with van der Waals surface area (Å²) in [5.74, 6) is -0.857. The third-order valence-electron chi connectivity index (χ3n) is 5.49. The minimum Gasteiger partial charge on any atom is -0.471 e. The van der Waals surface area contributed by atoms with Gasteiger partial charge < -0.3 is 14.2 Å². The summed E-state index contributed by atoms with van der Waals surface area (Å²) in [5, 5.41) is 10.7. The lowest BCUT2D eigenvalue weighted by Crippen LogP contribution is -2.24. The van der Waals surface area contributed by atoms with Crippen molar-refractivity contribution in [2.75, 3.05) is 6.61 Å². The van der Waals surface area contributed by atoms with Gasteiger partial charge in [0.05, 0.1) is 6.61 Å². The number of carbonyl (C=O) groups is 1. The minimum absolute atomic E-state index is 0.0289. The standard InChI is InChI=1S/C27H23ClF3N3O4/c1-2-36-26(35)24-25(33-34-32-24)37-23(16-18-5-11-21(28)12-6-18)15-17-3-7-19(8-4-17)20-9-13-22(14-10-20)38-27(29,30)31/h3-14,23H,2,15-16H2,1H3,(H,32,33,34). The zero-order valence-corrected chi connectivity index (χ0v) is 20.9. The fraction of sp³-hybridized carbons (Fsp3) is 0.222. The van der Waals surface area contributed by atoms with Gasteiger partial charge in [0.15, 0.2) is 0 Å². The molecule has 1 heterocycles. The lowest BCUT2D eigenvalue weighted by molar-refractivity contribution is -0.274. The number of rotatable bonds is 10. The zero-order chi connectivity index (χ0) is 27.1. The van der Waals surface area contributed by atoms with E-state index in [1.807, 2.05) is 36.4 Å². The van der Waals surface area contributed by atoms with Gasteiger partial charge >= 0.3 is 12.3 Å². The number of hydrogen-bond acceptors (Lipinski definition) is 6. The van der Waals surface area contributed by atoms with Crippen LogP contribution in [-0.4, -0.2) is 40.5 Å². The summed E-state index contributed by atoms with van der Waals surface area (Å²) in [7, 11) is 0. The number of carbonyl (C=O) groups excluding carboxylic acids is 1. The molecule has 0 aliphatic heterocycles. The smallest absolute Gasteiger partial charge is 0.471 e. The maximum Gasteiger partial charge on any atom is 0.573 e. The molecular formula is C27H23ClF3N3O4. The summed E-state index contributed by atoms with van der Waals surface area (Å²) in [4.78, 5) is 12.2. The topological polar surface area (TPSA) is 86.3 Å². The average Bonchev–Trinajstić information content (AvgIpc) is 3.34. The van der Waals surface area contributed by atoms with Gasteiger partial charge in [-0.25, -0.2) is 9.89 Å². The summed E-state index contributed by atoms with van der Waals surface area (Å²) in [6, 6.07) is 20.6. The van der Waals surface area contributed by atoms with Crippen LogP contribution in [0, 0.1) is 0 Å². The van der Waals surface area contributed by atoms with Crippen molar-refractivity contribution in [3.8, 4) is 22.8 Å². The Hall–Kier alpha value is -4.05. The molecule has 1 atom stereocenters. The molecule has 0 saturated heterocycles. The highest BCUT2D eigenvalue weighted by atomic mass is 35.5. The molecule has 1 aromatic heterocycles. The first-order chi connectivity index (χ1) is 18.2. The van der Waals surface area contributed by atoms with E-state index in [0.29, 0.717) is 17.9 Å². The number of nitrogens with one attached hydrogen (secondary N) is 1. The van der Waals surface area contributed by atoms with Crippen LogP contribution in [0.25, 0.3) is 11.1 Å². The largest absolute Gasteiger partial charge is 0.573 e. The summed E-state index contributed by atoms with van der Waals surface area (Å²) >= 11 is 6.02. The van der Waals surface area contributed by atoms with E-state index in [9.17, 15) is 18.0 Å². The number of nitrogens with zero attached hydrogens (tertiary/aromatic N) is 2. The van der Waals surface area contributed by atoms with Gasteiger partial charge in [-0.1, -0.05) is 70.4 Å². The van der Waals surface area contributed by atoms with E-state index in [1.165, 1.54) is 12.1 Å². The summed E-state index contributed by atoms with van der Waals surface area (Å²) < 4.78 is 52.3. The predicted octanol–water partition coefficient (Wildman–Crippen LogP) is 6.43. The first kappa shape index (κ1) is 27.0. The van der Waals surface area contributed by atoms with Crippen molar-refractivity contribution in [3.05, 3.63) is 94.6 Å². The van der Waals surface area contributed by atoms with Gasteiger partial charge in [-0.3, -0.25) is 0 Å². The highest BCUT2D eigenvalue weighted by Crippen LogP contribution is 2.27. The maximum atomic E-state index is 12.4. The fourth-order valence-electron chi connectivity index (χ4n) is 3.78. The Morgan fingerprint density at radius 1 is 0.921 bits per heavy atom. The van der Waals surface area contributed by atoms with Crippen LogP contribution in [0.15, 0.2) is 72.8 Å². The molecule has 0 fully saturated rings. The average molecular weight is 546 g/mol. The van der Waals surface area contributed by atoms with Gasteiger partial charge in [0, 0.05) is 17.9 Å². The Kier molecular flexibility index (Phi) is 8.52. The molecule has 0 radical (unpaired) electrons. The quantitative estimate of drug-likeness (QED) is 0.231. The number of H-pyrrole nitrogens is 1. The third kappa shape index (κ3) is 7.48. The summed E-state index contributed by atoms with van der Waals surface area (Å²) in [6.07, 6.45) is -4.19. The first-order valence-corrected chi connectivity index (χ1v) is 12.0. The Morgan fingerprint density at radius 2 is 1.47 bits per heavy atom. The van der Waals surface area contributed by atoms with Crippen molar-refractivity contribution >= 4 is 17.6 Å². The van der Waals surface area contributed by atoms with Crippen molar-refractivity contribution in [2.24, 2.45) is 0 Å². The van der Waals surface area contributed by atoms with Crippen LogP contribution < -0.4 is 9.47 Å². The zero-order valence-electron chi connectivity index (χ0n) is 20.2. The van der Waals surface area contributed by atoms with E-state index < -0.39 is 18.4 Å². The molecule has 1 N–H and O–H groups in total. The lowest BCUT2D eigenvalue weighted by atomic mass is 9.98. The van der Waals surface area contributed by atoms with Crippen molar-refractivity contribution < 1.29 is 32.2 Å². The number of ether oxygens (including phenoxy) is 3. The molecule has 7 nitrogen and oxygen atoms in total. The minimum atomic E-state index is -4.74. The van der Waals surface area contributed by atoms with E-state index in [4.69, 9.17) is 21.1 Å². The van der Waals surface area contributed by atoms with Crippen LogP contribution in [0.4, 0.5) is 13.2 Å². The van der Waals surface area contributed by atoms with Gasteiger partial charge in [0.1, 0.15) is 11.9 Å². The summed E-state index contributed by atoms with van der Waals surface area (Å²) in [5.41, 5.74) is 3.50. The monoisotopic (exact) mass is 545 g/mol. The Morgan fingerprint density at radius 3 is 2.03 bits per heavy atom. The summed E-state index contributed by atoms with van der Waals surface area (Å²) in [6.45, 7) is 1.88. The third-order valence-corrected chi connectivity index (χ3v) is 5.74. The Bertz CT molecular complexity index is 1340. The van der Waals surface area contributed by atoms with Crippen LogP contribution in [0.2, 0.25) is 5.02 Å². The molecule has 1 unspecified atom stereocenters. The fourth-order valence-corrected chi connectivity index (χ4v) is 3.90. The van der Waals surface area contributed by atoms with Crippen LogP contribution in [0.1, 0.15) is 28.5 Å². The number of aromatic nitrogens is 3. The highest BCUT2D eigenvalue weighted by Gasteiger charge is 2.31. The van der Waals surface area contributed by atoms with E-state index in [1.54, 1.807) is 31.2 Å². The molecule has 0 saturated carbocycles. The van der Waals surface area contributed by atoms with Crippen molar-refractivity contribution in [2.45, 2.75) is 32.2 Å². The van der Waals surface area contributed by atoms with Crippen LogP contribution >= 0.6 is 11.6 Å². The van der Waals surface area contributed by atoms with E-state index in [-0.39, 0.29) is 23.9 Å². The van der Waals surface area contributed by atoms with Gasteiger partial charge in [0.2, 0.25) is 5.69 Å². The van der Waals surface area contributed by atoms with Gasteiger partial charge in [-0.15, -0.1) is 13.2 Å². The predicted molar refractivity (Wildman–Crippen MR) is 134 cm³/mol. The normalized spacial score (nSPS) is 12.1. The molecule has 198 valence electrons. The molecule has 0 spiro atoms. The van der Waals surface area contributed by atoms with E-state index in [0.717, 1.165) is 22.3 Å². The number of benzene rings is 3. The van der Waals surface area contributed by atoms with Crippen LogP contribution in [0.5, 0.6) is 11.6 Å². The molecule has 4 rings (SSSR count). The second-order valence-electron chi connectivity index (χ2n) is 8.26. The number of alkyl halides is 3. The molecular weight excluding hydrogens is 523 g/mol. The highest BCUT2D eigenvalue weighted by molar-refractivity contribution is 6.30. The van der Waals surface area contributed by atoms with Crippen LogP contribution in [0.3, 0.4) is 0 Å². The molecule has 0 amide bonds. The Labute approximate surface area is 221 Å². The molecule has 4 aromatic rings. The molecule has 11 heteroatoms. The van der Waals surface area contributed by atoms with Crippen molar-refractivity contribution in [1.29, 1.82) is 0 Å². The lowest BCUT2D eigenvalue weighted by Gasteiger charge is -2.19. The SMILES string of the molecule is CCOC(=O)c1[nH]nnc1OC(Cc1ccc(Cl)cc1)Cc1ccc(-c2ccc(OC(F)(F)F)cc2)cc1. The molecule has 3 aromatic carbocycles. The van der Waals surface area contributed by atoms with Gasteiger partial charge in [-0.2, -0.15) is 0 Å². The second kappa shape index (κ2) is 12.0. The first-order valence-electron chi connectivity index (χ1n) is 11.6. The number of aromatic amines is 1. The van der Waals surface area contributed by atoms with E-state index >= 15 is 0 Å². The Balaban J connectivity index is 1.51. The van der Waals surface area contributed by atoms with Crippen molar-refractivity contribution in [1.82, 2.24) is 15.4 Å². The van der Waals surface area contributed by atoms with Gasteiger partial charge in [-0.05, 0) is 53.4 Å². The molecule has 0 bridgehead atoms.